The minimum Gasteiger partial charge on any atom is -0.388 e. The molecular weight excluding hydrogens is 504 g/mol. The van der Waals surface area contributed by atoms with E-state index in [2.05, 4.69) is 0 Å². The smallest absolute Gasteiger partial charge is 0.155 e. The second-order valence-corrected chi connectivity index (χ2v) is 10.1. The van der Waals surface area contributed by atoms with Crippen molar-refractivity contribution in [2.45, 2.75) is 49.5 Å². The Morgan fingerprint density at radius 3 is 1.52 bits per heavy atom. The van der Waals surface area contributed by atoms with Crippen LogP contribution >= 0.6 is 0 Å². The van der Waals surface area contributed by atoms with Crippen molar-refractivity contribution in [3.8, 4) is 0 Å². The molecule has 4 aromatic carbocycles. The van der Waals surface area contributed by atoms with Gasteiger partial charge in [-0.1, -0.05) is 121 Å². The van der Waals surface area contributed by atoms with Crippen LogP contribution in [0.2, 0.25) is 0 Å². The molecule has 0 saturated heterocycles. The molecule has 0 amide bonds. The van der Waals surface area contributed by atoms with E-state index in [0.29, 0.717) is 17.4 Å². The number of rotatable bonds is 15. The zero-order valence-electron chi connectivity index (χ0n) is 22.4. The Labute approximate surface area is 235 Å². The highest BCUT2D eigenvalue weighted by atomic mass is 16.5. The maximum absolute atomic E-state index is 12.7. The molecule has 0 aliphatic rings. The van der Waals surface area contributed by atoms with Crippen molar-refractivity contribution < 1.29 is 29.6 Å². The van der Waals surface area contributed by atoms with Crippen LogP contribution in [0.1, 0.15) is 22.3 Å². The molecule has 0 radical (unpaired) electrons. The summed E-state index contributed by atoms with van der Waals surface area (Å²) < 4.78 is 12.0. The van der Waals surface area contributed by atoms with Crippen molar-refractivity contribution in [3.05, 3.63) is 144 Å². The van der Waals surface area contributed by atoms with Gasteiger partial charge in [-0.2, -0.15) is 0 Å². The van der Waals surface area contributed by atoms with Gasteiger partial charge in [0, 0.05) is 12.8 Å². The van der Waals surface area contributed by atoms with Crippen LogP contribution in [0.25, 0.3) is 0 Å². The first-order valence-electron chi connectivity index (χ1n) is 13.4. The van der Waals surface area contributed by atoms with Gasteiger partial charge in [0.15, 0.2) is 11.9 Å². The first-order valence-corrected chi connectivity index (χ1v) is 13.4. The molecule has 0 bridgehead atoms. The van der Waals surface area contributed by atoms with Gasteiger partial charge in [0.05, 0.1) is 19.8 Å². The average Bonchev–Trinajstić information content (AvgIpc) is 2.99. The number of benzene rings is 4. The van der Waals surface area contributed by atoms with Crippen LogP contribution in [0, 0.1) is 0 Å². The molecule has 0 unspecified atom stereocenters. The maximum atomic E-state index is 12.7. The van der Waals surface area contributed by atoms with E-state index in [-0.39, 0.29) is 32.7 Å². The van der Waals surface area contributed by atoms with E-state index in [4.69, 9.17) is 9.47 Å². The molecule has 0 aliphatic heterocycles. The number of carbonyl (C=O) groups excluding carboxylic acids is 1. The molecule has 4 aromatic rings. The minimum atomic E-state index is -2.30. The molecule has 0 fully saturated rings. The van der Waals surface area contributed by atoms with Crippen LogP contribution in [0.4, 0.5) is 0 Å². The highest BCUT2D eigenvalue weighted by molar-refractivity contribution is 5.66. The van der Waals surface area contributed by atoms with E-state index < -0.39 is 23.4 Å². The van der Waals surface area contributed by atoms with E-state index in [0.717, 1.165) is 11.1 Å². The number of carbonyl (C=O) groups is 1. The van der Waals surface area contributed by atoms with Crippen molar-refractivity contribution in [2.24, 2.45) is 0 Å². The second kappa shape index (κ2) is 14.1. The Balaban J connectivity index is 1.69. The number of aldehydes is 1. The molecule has 3 N–H and O–H groups in total. The van der Waals surface area contributed by atoms with Crippen LogP contribution in [0.3, 0.4) is 0 Å². The first-order chi connectivity index (χ1) is 19.4. The number of hydrogen-bond acceptors (Lipinski definition) is 6. The van der Waals surface area contributed by atoms with Gasteiger partial charge in [-0.25, -0.2) is 0 Å². The van der Waals surface area contributed by atoms with Crippen molar-refractivity contribution in [1.29, 1.82) is 0 Å². The van der Waals surface area contributed by atoms with Gasteiger partial charge in [0.2, 0.25) is 0 Å². The summed E-state index contributed by atoms with van der Waals surface area (Å²) in [7, 11) is 0. The SMILES string of the molecule is O=C[C@@](O)(Cc1ccccc1)[C@](O)(Cc1ccccc1)[C@H](OCc1ccccc1)[C@H](O)COCc1ccccc1. The zero-order valence-corrected chi connectivity index (χ0v) is 22.4. The molecule has 0 aliphatic carbocycles. The predicted octanol–water partition coefficient (Wildman–Crippen LogP) is 4.30. The average molecular weight is 541 g/mol. The quantitative estimate of drug-likeness (QED) is 0.195. The van der Waals surface area contributed by atoms with Crippen LogP contribution in [-0.2, 0) is 40.3 Å². The summed E-state index contributed by atoms with van der Waals surface area (Å²) in [5.41, 5.74) is -1.47. The van der Waals surface area contributed by atoms with Crippen LogP contribution in [0.15, 0.2) is 121 Å². The predicted molar refractivity (Wildman–Crippen MR) is 153 cm³/mol. The Morgan fingerprint density at radius 1 is 0.625 bits per heavy atom. The van der Waals surface area contributed by atoms with Gasteiger partial charge in [0.25, 0.3) is 0 Å². The third-order valence-corrected chi connectivity index (χ3v) is 7.07. The maximum Gasteiger partial charge on any atom is 0.155 e. The topological polar surface area (TPSA) is 96.2 Å². The molecule has 0 aromatic heterocycles. The Bertz CT molecular complexity index is 1290. The van der Waals surface area contributed by atoms with Crippen LogP contribution in [-0.4, -0.2) is 51.6 Å². The lowest BCUT2D eigenvalue weighted by Crippen LogP contribution is -2.68. The van der Waals surface area contributed by atoms with Crippen molar-refractivity contribution in [3.63, 3.8) is 0 Å². The number of aliphatic hydroxyl groups excluding tert-OH is 1. The fourth-order valence-corrected chi connectivity index (χ4v) is 4.90. The summed E-state index contributed by atoms with van der Waals surface area (Å²) in [6, 6.07) is 36.9. The summed E-state index contributed by atoms with van der Waals surface area (Å²) in [4.78, 5) is 12.7. The van der Waals surface area contributed by atoms with Gasteiger partial charge in [0.1, 0.15) is 17.8 Å². The minimum absolute atomic E-state index is 0.0403. The van der Waals surface area contributed by atoms with E-state index >= 15 is 0 Å². The largest absolute Gasteiger partial charge is 0.388 e. The van der Waals surface area contributed by atoms with E-state index in [9.17, 15) is 20.1 Å². The molecular formula is C34H36O6. The van der Waals surface area contributed by atoms with E-state index in [1.165, 1.54) is 0 Å². The monoisotopic (exact) mass is 540 g/mol. The highest BCUT2D eigenvalue weighted by Crippen LogP contribution is 2.36. The Morgan fingerprint density at radius 2 is 1.05 bits per heavy atom. The van der Waals surface area contributed by atoms with Crippen molar-refractivity contribution in [2.75, 3.05) is 6.61 Å². The van der Waals surface area contributed by atoms with Crippen LogP contribution in [0.5, 0.6) is 0 Å². The molecule has 6 nitrogen and oxygen atoms in total. The van der Waals surface area contributed by atoms with Gasteiger partial charge >= 0.3 is 0 Å². The zero-order chi connectivity index (χ0) is 28.3. The van der Waals surface area contributed by atoms with Crippen LogP contribution < -0.4 is 0 Å². The fourth-order valence-electron chi connectivity index (χ4n) is 4.90. The summed E-state index contributed by atoms with van der Waals surface area (Å²) in [5, 5.41) is 35.8. The third-order valence-electron chi connectivity index (χ3n) is 7.07. The molecule has 4 atom stereocenters. The fraction of sp³-hybridized carbons (Fsp3) is 0.265. The van der Waals surface area contributed by atoms with Gasteiger partial charge in [-0.05, 0) is 22.3 Å². The van der Waals surface area contributed by atoms with E-state index in [1.54, 1.807) is 36.4 Å². The molecule has 4 rings (SSSR count). The summed E-state index contributed by atoms with van der Waals surface area (Å²) in [5.74, 6) is 0. The van der Waals surface area contributed by atoms with E-state index in [1.807, 2.05) is 84.9 Å². The molecule has 6 heteroatoms. The third kappa shape index (κ3) is 7.50. The Hall–Kier alpha value is -3.65. The van der Waals surface area contributed by atoms with Gasteiger partial charge in [-0.3, -0.25) is 0 Å². The number of ether oxygens (including phenoxy) is 2. The normalized spacial score (nSPS) is 15.9. The summed E-state index contributed by atoms with van der Waals surface area (Å²) in [6.45, 7) is 0.0900. The standard InChI is InChI=1S/C34H36O6/c35-26-33(37,21-27-13-5-1-6-14-27)34(38,22-28-15-7-2-8-16-28)32(40-24-30-19-11-4-12-20-30)31(36)25-39-23-29-17-9-3-10-18-29/h1-20,26,31-32,36-38H,21-25H2/t31-,32-,33+,34+/m1/s1. The summed E-state index contributed by atoms with van der Waals surface area (Å²) >= 11 is 0. The lowest BCUT2D eigenvalue weighted by Gasteiger charge is -2.46. The number of hydrogen-bond donors (Lipinski definition) is 3. The second-order valence-electron chi connectivity index (χ2n) is 10.1. The Kier molecular flexibility index (Phi) is 10.4. The molecule has 0 spiro atoms. The molecule has 0 heterocycles. The molecule has 208 valence electrons. The van der Waals surface area contributed by atoms with Gasteiger partial charge in [-0.15, -0.1) is 0 Å². The van der Waals surface area contributed by atoms with Gasteiger partial charge < -0.3 is 29.6 Å². The lowest BCUT2D eigenvalue weighted by atomic mass is 9.71. The van der Waals surface area contributed by atoms with Crippen molar-refractivity contribution >= 4 is 6.29 Å². The summed E-state index contributed by atoms with van der Waals surface area (Å²) in [6.07, 6.45) is -2.72. The van der Waals surface area contributed by atoms with Crippen molar-refractivity contribution in [1.82, 2.24) is 0 Å². The highest BCUT2D eigenvalue weighted by Gasteiger charge is 2.57. The number of aliphatic hydroxyl groups is 3. The molecule has 0 saturated carbocycles. The lowest BCUT2D eigenvalue weighted by molar-refractivity contribution is -0.235. The first kappa shape index (κ1) is 29.3. The molecule has 40 heavy (non-hydrogen) atoms.